The number of anilines is 2. The number of urea groups is 1. The average Bonchev–Trinajstić information content (AvgIpc) is 2.56. The summed E-state index contributed by atoms with van der Waals surface area (Å²) >= 11 is 0. The van der Waals surface area contributed by atoms with Crippen LogP contribution in [0.15, 0.2) is 60.7 Å². The number of nitrogens with zero attached hydrogens (tertiary/aromatic N) is 1. The summed E-state index contributed by atoms with van der Waals surface area (Å²) in [5, 5.41) is 4.28. The molecule has 117 valence electrons. The van der Waals surface area contributed by atoms with Gasteiger partial charge in [0.15, 0.2) is 0 Å². The van der Waals surface area contributed by atoms with Crippen LogP contribution in [0.1, 0.15) is 13.8 Å². The van der Waals surface area contributed by atoms with Crippen LogP contribution in [-0.4, -0.2) is 13.1 Å². The van der Waals surface area contributed by atoms with Crippen LogP contribution < -0.4 is 15.8 Å². The first-order valence-electron chi connectivity index (χ1n) is 6.70. The van der Waals surface area contributed by atoms with Crippen LogP contribution >= 0.6 is 0 Å². The molecule has 4 nitrogen and oxygen atoms in total. The number of carbonyl (C=O) groups excluding carboxylic acids is 1. The van der Waals surface area contributed by atoms with Gasteiger partial charge in [-0.25, -0.2) is 10.2 Å². The molecule has 0 saturated carbocycles. The molecule has 0 bridgehead atoms. The first kappa shape index (κ1) is 22.9. The van der Waals surface area contributed by atoms with Gasteiger partial charge in [0.1, 0.15) is 0 Å². The van der Waals surface area contributed by atoms with E-state index < -0.39 is 0 Å². The third-order valence-electron chi connectivity index (χ3n) is 2.47. The van der Waals surface area contributed by atoms with E-state index in [0.717, 1.165) is 11.4 Å². The number of rotatable bonds is 3. The van der Waals surface area contributed by atoms with Gasteiger partial charge in [0.25, 0.3) is 0 Å². The molecule has 0 unspecified atom stereocenters. The predicted molar refractivity (Wildman–Crippen MR) is 90.4 cm³/mol. The van der Waals surface area contributed by atoms with Gasteiger partial charge in [-0.05, 0) is 24.3 Å². The SMILES string of the molecule is CC.CNC(=O)NN(c1ccccc1)c1ccccc1.[CH3-].[Y]. The molecule has 0 aliphatic heterocycles. The second-order valence-corrected chi connectivity index (χ2v) is 3.70. The third-order valence-corrected chi connectivity index (χ3v) is 2.47. The Hall–Kier alpha value is -1.39. The number of hydrogen-bond acceptors (Lipinski definition) is 2. The van der Waals surface area contributed by atoms with E-state index in [2.05, 4.69) is 10.7 Å². The minimum absolute atomic E-state index is 0. The van der Waals surface area contributed by atoms with Gasteiger partial charge in [0.2, 0.25) is 0 Å². The first-order valence-corrected chi connectivity index (χ1v) is 6.70. The second kappa shape index (κ2) is 13.3. The Kier molecular flexibility index (Phi) is 13.8. The molecule has 0 atom stereocenters. The van der Waals surface area contributed by atoms with Crippen molar-refractivity contribution in [3.05, 3.63) is 68.1 Å². The van der Waals surface area contributed by atoms with Gasteiger partial charge in [-0.15, -0.1) is 0 Å². The van der Waals surface area contributed by atoms with E-state index in [1.54, 1.807) is 12.1 Å². The largest absolute Gasteiger partial charge is 0.358 e. The van der Waals surface area contributed by atoms with Crippen LogP contribution in [0.3, 0.4) is 0 Å². The van der Waals surface area contributed by atoms with Gasteiger partial charge in [0, 0.05) is 39.8 Å². The Bertz CT molecular complexity index is 466. The maximum absolute atomic E-state index is 11.5. The van der Waals surface area contributed by atoms with Crippen LogP contribution in [0.4, 0.5) is 16.2 Å². The van der Waals surface area contributed by atoms with Crippen LogP contribution in [-0.2, 0) is 32.7 Å². The zero-order valence-corrected chi connectivity index (χ0v) is 16.5. The normalized spacial score (nSPS) is 8.14. The number of carbonyl (C=O) groups is 1. The van der Waals surface area contributed by atoms with Crippen molar-refractivity contribution in [2.24, 2.45) is 0 Å². The topological polar surface area (TPSA) is 44.4 Å². The standard InChI is InChI=1S/C14H15N3O.C2H6.CH3.Y/c1-15-14(18)16-17(12-8-4-2-5-9-12)13-10-6-3-7-11-13;1-2;;/h2-11H,1H3,(H2,15,16,18);1-2H3;1H3;/q;;-1;. The number of para-hydroxylation sites is 2. The molecule has 0 heterocycles. The molecule has 0 aliphatic rings. The molecule has 0 fully saturated rings. The van der Waals surface area contributed by atoms with Crippen molar-refractivity contribution >= 4 is 17.4 Å². The van der Waals surface area contributed by atoms with Crippen molar-refractivity contribution < 1.29 is 37.5 Å². The molecule has 0 aromatic heterocycles. The molecule has 0 spiro atoms. The zero-order valence-electron chi connectivity index (χ0n) is 13.7. The van der Waals surface area contributed by atoms with E-state index in [9.17, 15) is 4.79 Å². The van der Waals surface area contributed by atoms with E-state index in [1.165, 1.54) is 0 Å². The summed E-state index contributed by atoms with van der Waals surface area (Å²) in [6.07, 6.45) is 0. The molecule has 22 heavy (non-hydrogen) atoms. The maximum atomic E-state index is 11.5. The molecule has 2 aromatic rings. The average molecular weight is 375 g/mol. The summed E-state index contributed by atoms with van der Waals surface area (Å²) in [5.41, 5.74) is 4.57. The Balaban J connectivity index is 0. The smallest absolute Gasteiger partial charge is 0.333 e. The fourth-order valence-electron chi connectivity index (χ4n) is 1.59. The Labute approximate surface area is 159 Å². The minimum atomic E-state index is -0.261. The Morgan fingerprint density at radius 1 is 0.864 bits per heavy atom. The molecular weight excluding hydrogens is 351 g/mol. The van der Waals surface area contributed by atoms with E-state index >= 15 is 0 Å². The van der Waals surface area contributed by atoms with Gasteiger partial charge in [0.05, 0.1) is 11.4 Å². The van der Waals surface area contributed by atoms with Gasteiger partial charge >= 0.3 is 6.03 Å². The predicted octanol–water partition coefficient (Wildman–Crippen LogP) is 4.14. The summed E-state index contributed by atoms with van der Waals surface area (Å²) < 4.78 is 0. The fourth-order valence-corrected chi connectivity index (χ4v) is 1.59. The Morgan fingerprint density at radius 3 is 1.55 bits per heavy atom. The van der Waals surface area contributed by atoms with Crippen LogP contribution in [0.2, 0.25) is 0 Å². The molecule has 2 N–H and O–H groups in total. The van der Waals surface area contributed by atoms with E-state index in [4.69, 9.17) is 0 Å². The molecule has 2 amide bonds. The van der Waals surface area contributed by atoms with Gasteiger partial charge in [-0.2, -0.15) is 0 Å². The summed E-state index contributed by atoms with van der Waals surface area (Å²) in [7, 11) is 1.59. The van der Waals surface area contributed by atoms with Gasteiger partial charge in [-0.3, -0.25) is 5.01 Å². The van der Waals surface area contributed by atoms with Crippen molar-refractivity contribution in [1.82, 2.24) is 10.7 Å². The van der Waals surface area contributed by atoms with Crippen molar-refractivity contribution in [1.29, 1.82) is 0 Å². The van der Waals surface area contributed by atoms with Crippen LogP contribution in [0.25, 0.3) is 0 Å². The molecule has 0 aliphatic carbocycles. The molecule has 2 rings (SSSR count). The molecule has 2 aromatic carbocycles. The van der Waals surface area contributed by atoms with E-state index in [-0.39, 0.29) is 46.2 Å². The quantitative estimate of drug-likeness (QED) is 0.626. The fraction of sp³-hybridized carbons (Fsp3) is 0.176. The molecule has 1 radical (unpaired) electrons. The second-order valence-electron chi connectivity index (χ2n) is 3.70. The summed E-state index contributed by atoms with van der Waals surface area (Å²) in [6.45, 7) is 4.00. The van der Waals surface area contributed by atoms with E-state index in [0.29, 0.717) is 0 Å². The van der Waals surface area contributed by atoms with E-state index in [1.807, 2.05) is 74.5 Å². The van der Waals surface area contributed by atoms with Crippen molar-refractivity contribution in [3.8, 4) is 0 Å². The maximum Gasteiger partial charge on any atom is 0.333 e. The first-order chi connectivity index (χ1) is 9.81. The molecule has 5 heteroatoms. The third kappa shape index (κ3) is 7.05. The van der Waals surface area contributed by atoms with Crippen molar-refractivity contribution in [3.63, 3.8) is 0 Å². The number of hydrazine groups is 1. The molecule has 0 saturated heterocycles. The summed E-state index contributed by atoms with van der Waals surface area (Å²) in [6, 6.07) is 19.1. The minimum Gasteiger partial charge on any atom is -0.358 e. The number of hydrogen-bond donors (Lipinski definition) is 2. The summed E-state index contributed by atoms with van der Waals surface area (Å²) in [5.74, 6) is 0. The number of amides is 2. The van der Waals surface area contributed by atoms with Crippen molar-refractivity contribution in [2.45, 2.75) is 13.8 Å². The summed E-state index contributed by atoms with van der Waals surface area (Å²) in [4.78, 5) is 11.5. The van der Waals surface area contributed by atoms with Crippen LogP contribution in [0, 0.1) is 7.43 Å². The monoisotopic (exact) mass is 375 g/mol. The van der Waals surface area contributed by atoms with Gasteiger partial charge < -0.3 is 12.7 Å². The van der Waals surface area contributed by atoms with Crippen molar-refractivity contribution in [2.75, 3.05) is 12.1 Å². The van der Waals surface area contributed by atoms with Gasteiger partial charge in [-0.1, -0.05) is 50.2 Å². The van der Waals surface area contributed by atoms with Crippen LogP contribution in [0.5, 0.6) is 0 Å². The number of benzene rings is 2. The number of nitrogens with one attached hydrogen (secondary N) is 2. The molecular formula is C17H24N3OY-. The zero-order chi connectivity index (χ0) is 14.8. The Morgan fingerprint density at radius 2 is 1.23 bits per heavy atom.